The first-order valence-electron chi connectivity index (χ1n) is 7.90. The molecule has 0 saturated carbocycles. The molecule has 1 aliphatic rings. The zero-order chi connectivity index (χ0) is 15.4. The number of hydrogen-bond acceptors (Lipinski definition) is 5. The lowest BCUT2D eigenvalue weighted by molar-refractivity contribution is -0.0970. The number of aliphatic hydroxyl groups is 1. The van der Waals surface area contributed by atoms with E-state index in [1.54, 1.807) is 10.7 Å². The molecule has 1 N–H and O–H groups in total. The molecule has 1 atom stereocenters. The summed E-state index contributed by atoms with van der Waals surface area (Å²) < 4.78 is 12.7. The molecule has 22 heavy (non-hydrogen) atoms. The van der Waals surface area contributed by atoms with Crippen LogP contribution in [0, 0.1) is 0 Å². The van der Waals surface area contributed by atoms with E-state index in [0.717, 1.165) is 17.8 Å². The van der Waals surface area contributed by atoms with E-state index in [9.17, 15) is 5.11 Å². The number of ether oxygens (including phenoxy) is 2. The number of rotatable bonds is 7. The topological polar surface area (TPSA) is 59.2 Å². The molecule has 0 aromatic carbocycles. The van der Waals surface area contributed by atoms with Crippen LogP contribution in [0.3, 0.4) is 0 Å². The van der Waals surface area contributed by atoms with Crippen LogP contribution < -0.4 is 4.74 Å². The molecule has 1 aliphatic heterocycles. The van der Waals surface area contributed by atoms with Crippen LogP contribution in [0.15, 0.2) is 24.5 Å². The molecule has 2 aromatic rings. The molecular weight excluding hydrogens is 282 g/mol. The van der Waals surface area contributed by atoms with Gasteiger partial charge in [0.1, 0.15) is 12.4 Å². The van der Waals surface area contributed by atoms with Crippen molar-refractivity contribution in [2.75, 3.05) is 32.8 Å². The summed E-state index contributed by atoms with van der Waals surface area (Å²) in [5.41, 5.74) is 1.50. The average Bonchev–Trinajstić information content (AvgIpc) is 3.16. The highest BCUT2D eigenvalue weighted by Gasteiger charge is 2.14. The smallest absolute Gasteiger partial charge is 0.184 e. The second kappa shape index (κ2) is 7.09. The SMILES string of the molecule is CCOC(O)c1cnn2cc(OCCN3CCCC3)ccc12. The summed E-state index contributed by atoms with van der Waals surface area (Å²) in [4.78, 5) is 2.42. The van der Waals surface area contributed by atoms with Crippen molar-refractivity contribution in [1.29, 1.82) is 0 Å². The van der Waals surface area contributed by atoms with Gasteiger partial charge in [0.2, 0.25) is 0 Å². The molecule has 120 valence electrons. The van der Waals surface area contributed by atoms with Crippen molar-refractivity contribution in [3.63, 3.8) is 0 Å². The van der Waals surface area contributed by atoms with Crippen molar-refractivity contribution in [3.05, 3.63) is 30.1 Å². The Morgan fingerprint density at radius 2 is 2.14 bits per heavy atom. The molecule has 1 unspecified atom stereocenters. The standard InChI is InChI=1S/C16H23N3O3/c1-2-21-16(20)14-11-17-19-12-13(5-6-15(14)19)22-10-9-18-7-3-4-8-18/h5-6,11-12,16,20H,2-4,7-10H2,1H3. The van der Waals surface area contributed by atoms with Crippen LogP contribution in [-0.2, 0) is 4.74 Å². The van der Waals surface area contributed by atoms with Gasteiger partial charge in [0, 0.05) is 13.2 Å². The number of fused-ring (bicyclic) bond motifs is 1. The molecule has 6 heteroatoms. The van der Waals surface area contributed by atoms with Crippen molar-refractivity contribution in [2.24, 2.45) is 0 Å². The van der Waals surface area contributed by atoms with E-state index >= 15 is 0 Å². The second-order valence-electron chi connectivity index (χ2n) is 5.50. The Morgan fingerprint density at radius 3 is 2.91 bits per heavy atom. The molecule has 6 nitrogen and oxygen atoms in total. The summed E-state index contributed by atoms with van der Waals surface area (Å²) in [6.07, 6.45) is 5.11. The second-order valence-corrected chi connectivity index (χ2v) is 5.50. The summed E-state index contributed by atoms with van der Waals surface area (Å²) in [7, 11) is 0. The van der Waals surface area contributed by atoms with Gasteiger partial charge in [0.25, 0.3) is 0 Å². The number of pyridine rings is 1. The fourth-order valence-corrected chi connectivity index (χ4v) is 2.81. The van der Waals surface area contributed by atoms with Crippen molar-refractivity contribution in [2.45, 2.75) is 26.1 Å². The van der Waals surface area contributed by atoms with E-state index < -0.39 is 6.29 Å². The van der Waals surface area contributed by atoms with Crippen LogP contribution in [0.25, 0.3) is 5.52 Å². The molecule has 3 rings (SSSR count). The molecule has 0 amide bonds. The van der Waals surface area contributed by atoms with Crippen molar-refractivity contribution in [1.82, 2.24) is 14.5 Å². The third kappa shape index (κ3) is 3.40. The monoisotopic (exact) mass is 305 g/mol. The van der Waals surface area contributed by atoms with Crippen molar-refractivity contribution >= 4 is 5.52 Å². The molecular formula is C16H23N3O3. The van der Waals surface area contributed by atoms with Crippen LogP contribution in [0.1, 0.15) is 31.6 Å². The number of aliphatic hydroxyl groups excluding tert-OH is 1. The summed E-state index contributed by atoms with van der Waals surface area (Å²) in [6, 6.07) is 3.80. The molecule has 1 saturated heterocycles. The average molecular weight is 305 g/mol. The van der Waals surface area contributed by atoms with Gasteiger partial charge in [-0.2, -0.15) is 5.10 Å². The van der Waals surface area contributed by atoms with Gasteiger partial charge in [-0.15, -0.1) is 0 Å². The lowest BCUT2D eigenvalue weighted by Gasteiger charge is -2.15. The van der Waals surface area contributed by atoms with Gasteiger partial charge in [-0.05, 0) is 45.0 Å². The Hall–Kier alpha value is -1.63. The lowest BCUT2D eigenvalue weighted by atomic mass is 10.2. The molecule has 0 aliphatic carbocycles. The van der Waals surface area contributed by atoms with Crippen molar-refractivity contribution < 1.29 is 14.6 Å². The number of hydrogen-bond donors (Lipinski definition) is 1. The first-order valence-corrected chi connectivity index (χ1v) is 7.90. The van der Waals surface area contributed by atoms with Gasteiger partial charge in [0.05, 0.1) is 23.5 Å². The van der Waals surface area contributed by atoms with Crippen LogP contribution >= 0.6 is 0 Å². The minimum atomic E-state index is -0.940. The van der Waals surface area contributed by atoms with Crippen molar-refractivity contribution in [3.8, 4) is 5.75 Å². The summed E-state index contributed by atoms with van der Waals surface area (Å²) in [5.74, 6) is 0.784. The Morgan fingerprint density at radius 1 is 1.32 bits per heavy atom. The van der Waals surface area contributed by atoms with Gasteiger partial charge in [-0.3, -0.25) is 4.90 Å². The Bertz CT molecular complexity index is 608. The summed E-state index contributed by atoms with van der Waals surface area (Å²) >= 11 is 0. The Balaban J connectivity index is 1.63. The minimum absolute atomic E-state index is 0.455. The highest BCUT2D eigenvalue weighted by molar-refractivity contribution is 5.55. The molecule has 0 bridgehead atoms. The normalized spacial score (nSPS) is 17.2. The van der Waals surface area contributed by atoms with Gasteiger partial charge in [-0.25, -0.2) is 4.52 Å². The van der Waals surface area contributed by atoms with E-state index in [4.69, 9.17) is 9.47 Å². The number of likely N-dealkylation sites (tertiary alicyclic amines) is 1. The van der Waals surface area contributed by atoms with Crippen LogP contribution in [0.5, 0.6) is 5.75 Å². The van der Waals surface area contributed by atoms with Crippen LogP contribution in [0.2, 0.25) is 0 Å². The van der Waals surface area contributed by atoms with E-state index in [0.29, 0.717) is 18.8 Å². The van der Waals surface area contributed by atoms with Crippen LogP contribution in [0.4, 0.5) is 0 Å². The Kier molecular flexibility index (Phi) is 4.92. The largest absolute Gasteiger partial charge is 0.491 e. The lowest BCUT2D eigenvalue weighted by Crippen LogP contribution is -2.25. The van der Waals surface area contributed by atoms with E-state index in [2.05, 4.69) is 10.00 Å². The van der Waals surface area contributed by atoms with E-state index in [1.165, 1.54) is 25.9 Å². The fourth-order valence-electron chi connectivity index (χ4n) is 2.81. The molecule has 0 radical (unpaired) electrons. The predicted molar refractivity (Wildman–Crippen MR) is 82.9 cm³/mol. The quantitative estimate of drug-likeness (QED) is 0.791. The zero-order valence-electron chi connectivity index (χ0n) is 12.9. The molecule has 2 aromatic heterocycles. The van der Waals surface area contributed by atoms with E-state index in [-0.39, 0.29) is 0 Å². The predicted octanol–water partition coefficient (Wildman–Crippen LogP) is 1.84. The zero-order valence-corrected chi connectivity index (χ0v) is 12.9. The number of aromatic nitrogens is 2. The first-order chi connectivity index (χ1) is 10.8. The fraction of sp³-hybridized carbons (Fsp3) is 0.562. The minimum Gasteiger partial charge on any atom is -0.491 e. The van der Waals surface area contributed by atoms with Crippen LogP contribution in [-0.4, -0.2) is 52.5 Å². The maximum atomic E-state index is 9.93. The molecule has 1 fully saturated rings. The van der Waals surface area contributed by atoms with Gasteiger partial charge in [0.15, 0.2) is 6.29 Å². The first kappa shape index (κ1) is 15.3. The summed E-state index contributed by atoms with van der Waals surface area (Å²) in [5, 5.41) is 14.2. The third-order valence-electron chi connectivity index (χ3n) is 3.98. The third-order valence-corrected chi connectivity index (χ3v) is 3.98. The maximum absolute atomic E-state index is 9.93. The van der Waals surface area contributed by atoms with E-state index in [1.807, 2.05) is 25.3 Å². The van der Waals surface area contributed by atoms with Gasteiger partial charge < -0.3 is 14.6 Å². The highest BCUT2D eigenvalue weighted by Crippen LogP contribution is 2.22. The summed E-state index contributed by atoms with van der Waals surface area (Å²) in [6.45, 7) is 6.31. The maximum Gasteiger partial charge on any atom is 0.184 e. The van der Waals surface area contributed by atoms with Gasteiger partial charge in [-0.1, -0.05) is 0 Å². The highest BCUT2D eigenvalue weighted by atomic mass is 16.6. The Labute approximate surface area is 130 Å². The molecule has 0 spiro atoms. The van der Waals surface area contributed by atoms with Gasteiger partial charge >= 0.3 is 0 Å². The molecule has 3 heterocycles. The number of nitrogens with zero attached hydrogens (tertiary/aromatic N) is 3.